The average Bonchev–Trinajstić information content (AvgIpc) is 3.10. The lowest BCUT2D eigenvalue weighted by Crippen LogP contribution is -2.51. The molecule has 0 aromatic heterocycles. The smallest absolute Gasteiger partial charge is 0.317 e. The number of hydrogen-bond acceptors (Lipinski definition) is 2. The maximum absolute atomic E-state index is 12.4. The Morgan fingerprint density at radius 1 is 1.24 bits per heavy atom. The molecule has 3 rings (SSSR count). The first-order chi connectivity index (χ1) is 10.0. The van der Waals surface area contributed by atoms with Crippen LogP contribution in [0.2, 0.25) is 0 Å². The highest BCUT2D eigenvalue weighted by molar-refractivity contribution is 5.76. The van der Waals surface area contributed by atoms with Gasteiger partial charge in [0.05, 0.1) is 5.92 Å². The van der Waals surface area contributed by atoms with E-state index in [-0.39, 0.29) is 12.1 Å². The third-order valence-electron chi connectivity index (χ3n) is 5.84. The van der Waals surface area contributed by atoms with Gasteiger partial charge in [-0.15, -0.1) is 0 Å². The van der Waals surface area contributed by atoms with Crippen molar-refractivity contribution in [3.63, 3.8) is 0 Å². The van der Waals surface area contributed by atoms with E-state index in [4.69, 9.17) is 5.11 Å². The number of carbonyl (C=O) groups excluding carboxylic acids is 1. The van der Waals surface area contributed by atoms with Crippen molar-refractivity contribution in [3.05, 3.63) is 0 Å². The minimum atomic E-state index is -0.784. The number of aliphatic carboxylic acids is 1. The van der Waals surface area contributed by atoms with Crippen molar-refractivity contribution in [2.75, 3.05) is 13.1 Å². The fourth-order valence-corrected chi connectivity index (χ4v) is 4.66. The fourth-order valence-electron chi connectivity index (χ4n) is 4.66. The molecule has 2 amide bonds. The van der Waals surface area contributed by atoms with Crippen molar-refractivity contribution < 1.29 is 14.7 Å². The molecule has 2 bridgehead atoms. The largest absolute Gasteiger partial charge is 0.481 e. The predicted octanol–water partition coefficient (Wildman–Crippen LogP) is 2.32. The second kappa shape index (κ2) is 5.85. The Bertz CT molecular complexity index is 426. The van der Waals surface area contributed by atoms with Crippen LogP contribution in [0.15, 0.2) is 0 Å². The molecule has 3 fully saturated rings. The van der Waals surface area contributed by atoms with Crippen molar-refractivity contribution in [1.82, 2.24) is 10.2 Å². The molecular weight excluding hydrogens is 268 g/mol. The van der Waals surface area contributed by atoms with Gasteiger partial charge in [-0.1, -0.05) is 6.42 Å². The van der Waals surface area contributed by atoms with Crippen LogP contribution in [-0.2, 0) is 4.79 Å². The SMILES string of the molecule is CC(NC(=O)N1CCCC(C(=O)O)C1)C1CC2CCC1C2. The number of nitrogens with one attached hydrogen (secondary N) is 1. The van der Waals surface area contributed by atoms with Gasteiger partial charge in [0.1, 0.15) is 0 Å². The molecule has 2 saturated carbocycles. The first-order valence-electron chi connectivity index (χ1n) is 8.33. The second-order valence-electron chi connectivity index (χ2n) is 7.20. The van der Waals surface area contributed by atoms with Crippen molar-refractivity contribution in [2.24, 2.45) is 23.7 Å². The molecule has 5 nitrogen and oxygen atoms in total. The monoisotopic (exact) mass is 294 g/mol. The number of amides is 2. The molecule has 1 saturated heterocycles. The van der Waals surface area contributed by atoms with Crippen molar-refractivity contribution in [1.29, 1.82) is 0 Å². The van der Waals surface area contributed by atoms with Crippen LogP contribution in [0.1, 0.15) is 45.4 Å². The molecule has 3 aliphatic rings. The van der Waals surface area contributed by atoms with Crippen LogP contribution < -0.4 is 5.32 Å². The number of urea groups is 1. The van der Waals surface area contributed by atoms with E-state index in [2.05, 4.69) is 12.2 Å². The summed E-state index contributed by atoms with van der Waals surface area (Å²) in [6.45, 7) is 3.14. The normalized spacial score (nSPS) is 36.5. The first-order valence-corrected chi connectivity index (χ1v) is 8.33. The summed E-state index contributed by atoms with van der Waals surface area (Å²) in [4.78, 5) is 25.1. The number of carboxylic acids is 1. The Balaban J connectivity index is 1.52. The molecule has 0 aromatic carbocycles. The van der Waals surface area contributed by atoms with Gasteiger partial charge >= 0.3 is 12.0 Å². The van der Waals surface area contributed by atoms with E-state index in [1.807, 2.05) is 0 Å². The molecular formula is C16H26N2O3. The fraction of sp³-hybridized carbons (Fsp3) is 0.875. The Kier molecular flexibility index (Phi) is 4.09. The zero-order valence-corrected chi connectivity index (χ0v) is 12.8. The lowest BCUT2D eigenvalue weighted by Gasteiger charge is -2.34. The summed E-state index contributed by atoms with van der Waals surface area (Å²) in [7, 11) is 0. The minimum Gasteiger partial charge on any atom is -0.481 e. The average molecular weight is 294 g/mol. The van der Waals surface area contributed by atoms with Gasteiger partial charge in [-0.2, -0.15) is 0 Å². The summed E-state index contributed by atoms with van der Waals surface area (Å²) in [6.07, 6.45) is 6.75. The van der Waals surface area contributed by atoms with E-state index in [1.54, 1.807) is 4.90 Å². The number of likely N-dealkylation sites (tertiary alicyclic amines) is 1. The summed E-state index contributed by atoms with van der Waals surface area (Å²) in [5.41, 5.74) is 0. The Hall–Kier alpha value is -1.26. The van der Waals surface area contributed by atoms with Crippen molar-refractivity contribution in [2.45, 2.75) is 51.5 Å². The van der Waals surface area contributed by atoms with Crippen LogP contribution >= 0.6 is 0 Å². The summed E-state index contributed by atoms with van der Waals surface area (Å²) >= 11 is 0. The highest BCUT2D eigenvalue weighted by Gasteiger charge is 2.42. The first kappa shape index (κ1) is 14.7. The molecule has 21 heavy (non-hydrogen) atoms. The Morgan fingerprint density at radius 2 is 2.05 bits per heavy atom. The van der Waals surface area contributed by atoms with Gasteiger partial charge < -0.3 is 15.3 Å². The number of rotatable bonds is 3. The minimum absolute atomic E-state index is 0.0729. The van der Waals surface area contributed by atoms with E-state index in [1.165, 1.54) is 25.7 Å². The van der Waals surface area contributed by atoms with Gasteiger partial charge in [0, 0.05) is 19.1 Å². The van der Waals surface area contributed by atoms with Crippen LogP contribution in [0.4, 0.5) is 4.79 Å². The van der Waals surface area contributed by atoms with Gasteiger partial charge in [0.25, 0.3) is 0 Å². The summed E-state index contributed by atoms with van der Waals surface area (Å²) < 4.78 is 0. The molecule has 5 heteroatoms. The highest BCUT2D eigenvalue weighted by atomic mass is 16.4. The molecule has 5 unspecified atom stereocenters. The van der Waals surface area contributed by atoms with E-state index in [0.717, 1.165) is 18.3 Å². The molecule has 5 atom stereocenters. The number of nitrogens with zero attached hydrogens (tertiary/aromatic N) is 1. The maximum Gasteiger partial charge on any atom is 0.317 e. The molecule has 0 radical (unpaired) electrons. The number of piperidine rings is 1. The Morgan fingerprint density at radius 3 is 2.67 bits per heavy atom. The van der Waals surface area contributed by atoms with E-state index < -0.39 is 11.9 Å². The van der Waals surface area contributed by atoms with Gasteiger partial charge in [-0.05, 0) is 56.8 Å². The summed E-state index contributed by atoms with van der Waals surface area (Å²) in [6, 6.07) is 0.134. The van der Waals surface area contributed by atoms with Gasteiger partial charge in [0.15, 0.2) is 0 Å². The van der Waals surface area contributed by atoms with Crippen molar-refractivity contribution in [3.8, 4) is 0 Å². The van der Waals surface area contributed by atoms with Gasteiger partial charge in [-0.25, -0.2) is 4.79 Å². The number of fused-ring (bicyclic) bond motifs is 2. The van der Waals surface area contributed by atoms with E-state index in [9.17, 15) is 9.59 Å². The quantitative estimate of drug-likeness (QED) is 0.839. The van der Waals surface area contributed by atoms with E-state index in [0.29, 0.717) is 25.4 Å². The van der Waals surface area contributed by atoms with Crippen LogP contribution in [0, 0.1) is 23.7 Å². The van der Waals surface area contributed by atoms with E-state index >= 15 is 0 Å². The summed E-state index contributed by atoms with van der Waals surface area (Å²) in [5.74, 6) is 1.10. The summed E-state index contributed by atoms with van der Waals surface area (Å²) in [5, 5.41) is 12.2. The van der Waals surface area contributed by atoms with Crippen LogP contribution in [0.5, 0.6) is 0 Å². The van der Waals surface area contributed by atoms with Crippen molar-refractivity contribution >= 4 is 12.0 Å². The van der Waals surface area contributed by atoms with Crippen LogP contribution in [0.25, 0.3) is 0 Å². The number of carboxylic acid groups (broad SMARTS) is 1. The molecule has 1 aliphatic heterocycles. The number of carbonyl (C=O) groups is 2. The third kappa shape index (κ3) is 3.01. The number of hydrogen-bond donors (Lipinski definition) is 2. The molecule has 0 aromatic rings. The van der Waals surface area contributed by atoms with Crippen LogP contribution in [0.3, 0.4) is 0 Å². The molecule has 1 heterocycles. The van der Waals surface area contributed by atoms with Crippen LogP contribution in [-0.4, -0.2) is 41.1 Å². The second-order valence-corrected chi connectivity index (χ2v) is 7.20. The zero-order chi connectivity index (χ0) is 15.0. The Labute approximate surface area is 126 Å². The molecule has 2 N–H and O–H groups in total. The topological polar surface area (TPSA) is 69.6 Å². The maximum atomic E-state index is 12.4. The molecule has 2 aliphatic carbocycles. The zero-order valence-electron chi connectivity index (χ0n) is 12.8. The standard InChI is InChI=1S/C16H26N2O3/c1-10(14-8-11-4-5-12(14)7-11)17-16(21)18-6-2-3-13(9-18)15(19)20/h10-14H,2-9H2,1H3,(H,17,21)(H,19,20). The predicted molar refractivity (Wildman–Crippen MR) is 78.9 cm³/mol. The molecule has 118 valence electrons. The lowest BCUT2D eigenvalue weighted by molar-refractivity contribution is -0.143. The lowest BCUT2D eigenvalue weighted by atomic mass is 9.84. The highest BCUT2D eigenvalue weighted by Crippen LogP contribution is 2.49. The molecule has 0 spiro atoms. The van der Waals surface area contributed by atoms with Gasteiger partial charge in [-0.3, -0.25) is 4.79 Å². The van der Waals surface area contributed by atoms with Gasteiger partial charge in [0.2, 0.25) is 0 Å². The third-order valence-corrected chi connectivity index (χ3v) is 5.84.